The van der Waals surface area contributed by atoms with E-state index >= 15 is 0 Å². The minimum Gasteiger partial charge on any atom is -0.350 e. The Labute approximate surface area is 167 Å². The summed E-state index contributed by atoms with van der Waals surface area (Å²) >= 11 is 5.85. The zero-order valence-corrected chi connectivity index (χ0v) is 16.1. The Morgan fingerprint density at radius 3 is 2.36 bits per heavy atom. The lowest BCUT2D eigenvalue weighted by Gasteiger charge is -2.19. The van der Waals surface area contributed by atoms with E-state index in [-0.39, 0.29) is 17.0 Å². The molecule has 3 rings (SSSR count). The molecule has 144 valence electrons. The molecule has 0 saturated carbocycles. The van der Waals surface area contributed by atoms with Crippen molar-refractivity contribution in [1.82, 2.24) is 10.3 Å². The molecule has 0 radical (unpaired) electrons. The number of carbonyl (C=O) groups excluding carboxylic acids is 1. The summed E-state index contributed by atoms with van der Waals surface area (Å²) in [7, 11) is -3.83. The van der Waals surface area contributed by atoms with Crippen molar-refractivity contribution in [1.29, 1.82) is 0 Å². The molecule has 0 spiro atoms. The molecule has 0 aliphatic heterocycles. The highest BCUT2D eigenvalue weighted by Gasteiger charge is 2.30. The van der Waals surface area contributed by atoms with Gasteiger partial charge in [0, 0.05) is 29.5 Å². The maximum atomic E-state index is 13.2. The number of nitrogens with one attached hydrogen (secondary N) is 1. The smallest absolute Gasteiger partial charge is 0.251 e. The number of sulfone groups is 1. The first kappa shape index (κ1) is 20.0. The summed E-state index contributed by atoms with van der Waals surface area (Å²) in [5.41, 5.74) is 0.673. The minimum absolute atomic E-state index is 0.0850. The molecule has 1 amide bonds. The molecule has 5 nitrogen and oxygen atoms in total. The molecule has 1 aromatic heterocycles. The zero-order valence-electron chi connectivity index (χ0n) is 14.5. The number of amides is 1. The quantitative estimate of drug-likeness (QED) is 0.660. The molecule has 0 bridgehead atoms. The SMILES string of the molecule is O=C(NCC(c1cccnc1)S(=O)(=O)c1ccc(Cl)cc1)c1ccc(F)cc1. The average molecular weight is 419 g/mol. The Morgan fingerprint density at radius 2 is 1.75 bits per heavy atom. The van der Waals surface area contributed by atoms with Gasteiger partial charge < -0.3 is 5.32 Å². The molecular formula is C20H16ClFN2O3S. The van der Waals surface area contributed by atoms with E-state index in [1.807, 2.05) is 0 Å². The lowest BCUT2D eigenvalue weighted by molar-refractivity contribution is 0.0953. The maximum absolute atomic E-state index is 13.2. The molecule has 0 saturated heterocycles. The van der Waals surface area contributed by atoms with E-state index in [4.69, 9.17) is 11.6 Å². The molecule has 3 aromatic rings. The van der Waals surface area contributed by atoms with Crippen LogP contribution in [0.2, 0.25) is 5.02 Å². The van der Waals surface area contributed by atoms with Gasteiger partial charge in [0.25, 0.3) is 5.91 Å². The van der Waals surface area contributed by atoms with Crippen molar-refractivity contribution < 1.29 is 17.6 Å². The van der Waals surface area contributed by atoms with Crippen molar-refractivity contribution in [2.75, 3.05) is 6.54 Å². The van der Waals surface area contributed by atoms with E-state index in [1.54, 1.807) is 12.1 Å². The van der Waals surface area contributed by atoms with Gasteiger partial charge in [0.2, 0.25) is 0 Å². The van der Waals surface area contributed by atoms with Crippen LogP contribution >= 0.6 is 11.6 Å². The summed E-state index contributed by atoms with van der Waals surface area (Å²) in [5.74, 6) is -0.963. The first-order valence-electron chi connectivity index (χ1n) is 8.31. The van der Waals surface area contributed by atoms with Crippen molar-refractivity contribution in [2.45, 2.75) is 10.1 Å². The van der Waals surface area contributed by atoms with E-state index in [2.05, 4.69) is 10.3 Å². The fourth-order valence-corrected chi connectivity index (χ4v) is 4.42. The third kappa shape index (κ3) is 4.55. The number of nitrogens with zero attached hydrogens (tertiary/aromatic N) is 1. The van der Waals surface area contributed by atoms with Crippen LogP contribution in [0.25, 0.3) is 0 Å². The molecule has 8 heteroatoms. The number of rotatable bonds is 6. The molecule has 0 fully saturated rings. The number of hydrogen-bond acceptors (Lipinski definition) is 4. The molecule has 1 N–H and O–H groups in total. The Morgan fingerprint density at radius 1 is 1.07 bits per heavy atom. The summed E-state index contributed by atoms with van der Waals surface area (Å²) in [6, 6.07) is 14.1. The van der Waals surface area contributed by atoms with Gasteiger partial charge in [-0.2, -0.15) is 0 Å². The van der Waals surface area contributed by atoms with Crippen LogP contribution in [0.3, 0.4) is 0 Å². The van der Waals surface area contributed by atoms with Gasteiger partial charge in [0.05, 0.1) is 4.90 Å². The Kier molecular flexibility index (Phi) is 6.06. The van der Waals surface area contributed by atoms with E-state index in [0.717, 1.165) is 12.1 Å². The van der Waals surface area contributed by atoms with E-state index in [1.165, 1.54) is 48.8 Å². The predicted molar refractivity (Wildman–Crippen MR) is 104 cm³/mol. The van der Waals surface area contributed by atoms with Crippen molar-refractivity contribution >= 4 is 27.3 Å². The number of benzene rings is 2. The predicted octanol–water partition coefficient (Wildman–Crippen LogP) is 3.82. The number of pyridine rings is 1. The fraction of sp³-hybridized carbons (Fsp3) is 0.100. The Hall–Kier alpha value is -2.77. The first-order valence-corrected chi connectivity index (χ1v) is 10.2. The van der Waals surface area contributed by atoms with Crippen LogP contribution in [0.4, 0.5) is 4.39 Å². The summed E-state index contributed by atoms with van der Waals surface area (Å²) < 4.78 is 39.4. The summed E-state index contributed by atoms with van der Waals surface area (Å²) in [6.07, 6.45) is 2.98. The van der Waals surface area contributed by atoms with Crippen molar-refractivity contribution in [3.8, 4) is 0 Å². The third-order valence-corrected chi connectivity index (χ3v) is 6.50. The largest absolute Gasteiger partial charge is 0.350 e. The van der Waals surface area contributed by atoms with Gasteiger partial charge in [-0.15, -0.1) is 0 Å². The van der Waals surface area contributed by atoms with E-state index in [9.17, 15) is 17.6 Å². The molecule has 1 heterocycles. The second kappa shape index (κ2) is 8.50. The molecule has 1 unspecified atom stereocenters. The van der Waals surface area contributed by atoms with Gasteiger partial charge in [0.1, 0.15) is 11.1 Å². The summed E-state index contributed by atoms with van der Waals surface area (Å²) in [5, 5.41) is 1.98. The lowest BCUT2D eigenvalue weighted by Crippen LogP contribution is -2.32. The van der Waals surface area contributed by atoms with Crippen molar-refractivity contribution in [3.05, 3.63) is 95.0 Å². The topological polar surface area (TPSA) is 76.1 Å². The average Bonchev–Trinajstić information content (AvgIpc) is 2.69. The van der Waals surface area contributed by atoms with Crippen molar-refractivity contribution in [3.63, 3.8) is 0 Å². The highest BCUT2D eigenvalue weighted by atomic mass is 35.5. The van der Waals surface area contributed by atoms with Gasteiger partial charge in [-0.25, -0.2) is 12.8 Å². The van der Waals surface area contributed by atoms with Gasteiger partial charge in [-0.3, -0.25) is 9.78 Å². The van der Waals surface area contributed by atoms with Crippen LogP contribution in [0.5, 0.6) is 0 Å². The van der Waals surface area contributed by atoms with Gasteiger partial charge in [0.15, 0.2) is 9.84 Å². The normalized spacial score (nSPS) is 12.4. The van der Waals surface area contributed by atoms with Crippen LogP contribution in [0.15, 0.2) is 78.0 Å². The fourth-order valence-electron chi connectivity index (χ4n) is 2.65. The second-order valence-electron chi connectivity index (χ2n) is 5.99. The molecule has 0 aliphatic rings. The minimum atomic E-state index is -3.83. The number of aromatic nitrogens is 1. The Balaban J connectivity index is 1.88. The van der Waals surface area contributed by atoms with Crippen LogP contribution in [-0.2, 0) is 9.84 Å². The van der Waals surface area contributed by atoms with Crippen LogP contribution in [0, 0.1) is 5.82 Å². The Bertz CT molecular complexity index is 1060. The van der Waals surface area contributed by atoms with Crippen molar-refractivity contribution in [2.24, 2.45) is 0 Å². The first-order chi connectivity index (χ1) is 13.4. The van der Waals surface area contributed by atoms with Gasteiger partial charge >= 0.3 is 0 Å². The highest BCUT2D eigenvalue weighted by Crippen LogP contribution is 2.29. The van der Waals surface area contributed by atoms with Crippen LogP contribution in [0.1, 0.15) is 21.2 Å². The van der Waals surface area contributed by atoms with Gasteiger partial charge in [-0.1, -0.05) is 17.7 Å². The van der Waals surface area contributed by atoms with Crippen LogP contribution in [-0.4, -0.2) is 25.9 Å². The third-order valence-electron chi connectivity index (χ3n) is 4.13. The number of carbonyl (C=O) groups is 1. The highest BCUT2D eigenvalue weighted by molar-refractivity contribution is 7.91. The molecule has 1 atom stereocenters. The maximum Gasteiger partial charge on any atom is 0.251 e. The lowest BCUT2D eigenvalue weighted by atomic mass is 10.2. The standard InChI is InChI=1S/C20H16ClFN2O3S/c21-16-5-9-18(10-6-16)28(26,27)19(15-2-1-11-23-12-15)13-24-20(25)14-3-7-17(22)8-4-14/h1-12,19H,13H2,(H,24,25). The molecule has 0 aliphatic carbocycles. The number of halogens is 2. The molecule has 28 heavy (non-hydrogen) atoms. The molecular weight excluding hydrogens is 403 g/mol. The van der Waals surface area contributed by atoms with E-state index < -0.39 is 26.8 Å². The molecule has 2 aromatic carbocycles. The summed E-state index contributed by atoms with van der Waals surface area (Å²) in [6.45, 7) is -0.174. The van der Waals surface area contributed by atoms with Crippen LogP contribution < -0.4 is 5.32 Å². The monoisotopic (exact) mass is 418 g/mol. The van der Waals surface area contributed by atoms with Gasteiger partial charge in [-0.05, 0) is 60.2 Å². The second-order valence-corrected chi connectivity index (χ2v) is 8.56. The summed E-state index contributed by atoms with van der Waals surface area (Å²) in [4.78, 5) is 16.4. The van der Waals surface area contributed by atoms with E-state index in [0.29, 0.717) is 10.6 Å². The zero-order chi connectivity index (χ0) is 20.1. The number of hydrogen-bond donors (Lipinski definition) is 1.